The summed E-state index contributed by atoms with van der Waals surface area (Å²) >= 11 is 10.1. The summed E-state index contributed by atoms with van der Waals surface area (Å²) in [5, 5.41) is 0. The van der Waals surface area contributed by atoms with Crippen LogP contribution in [-0.4, -0.2) is 20.7 Å². The number of rotatable bonds is 1. The predicted molar refractivity (Wildman–Crippen MR) is 88.9 cm³/mol. The van der Waals surface area contributed by atoms with Gasteiger partial charge in [-0.25, -0.2) is 0 Å². The number of carbonyl (C=O) groups is 1. The molecule has 0 aromatic heterocycles. The van der Waals surface area contributed by atoms with Gasteiger partial charge in [0.25, 0.3) is 5.91 Å². The number of hydrogen-bond donors (Lipinski definition) is 0. The van der Waals surface area contributed by atoms with Crippen molar-refractivity contribution in [2.45, 2.75) is 26.3 Å². The van der Waals surface area contributed by atoms with Gasteiger partial charge in [-0.15, -0.1) is 0 Å². The zero-order chi connectivity index (χ0) is 14.2. The predicted octanol–water partition coefficient (Wildman–Crippen LogP) is 4.45. The van der Waals surface area contributed by atoms with Crippen molar-refractivity contribution in [1.29, 1.82) is 0 Å². The summed E-state index contributed by atoms with van der Waals surface area (Å²) in [6, 6.07) is 7.84. The number of carbonyl (C=O) groups excluding carboxylic acids is 1. The first-order chi connectivity index (χ1) is 8.79. The maximum Gasteiger partial charge on any atom is 0.266 e. The smallest absolute Gasteiger partial charge is 0.266 e. The van der Waals surface area contributed by atoms with E-state index in [0.29, 0.717) is 9.23 Å². The minimum absolute atomic E-state index is 0.00887. The van der Waals surface area contributed by atoms with E-state index in [9.17, 15) is 4.79 Å². The van der Waals surface area contributed by atoms with Gasteiger partial charge in [-0.2, -0.15) is 0 Å². The van der Waals surface area contributed by atoms with Crippen LogP contribution in [0, 0.1) is 0 Å². The van der Waals surface area contributed by atoms with E-state index in [1.165, 1.54) is 11.8 Å². The van der Waals surface area contributed by atoms with Crippen molar-refractivity contribution in [1.82, 2.24) is 4.90 Å². The molecule has 1 heterocycles. The van der Waals surface area contributed by atoms with E-state index < -0.39 is 0 Å². The van der Waals surface area contributed by atoms with E-state index in [-0.39, 0.29) is 11.4 Å². The van der Waals surface area contributed by atoms with E-state index in [1.54, 1.807) is 4.90 Å². The van der Waals surface area contributed by atoms with E-state index in [2.05, 4.69) is 15.9 Å². The van der Waals surface area contributed by atoms with Crippen molar-refractivity contribution in [3.8, 4) is 0 Å². The molecule has 100 valence electrons. The molecule has 0 spiro atoms. The lowest BCUT2D eigenvalue weighted by Crippen LogP contribution is -2.44. The van der Waals surface area contributed by atoms with Gasteiger partial charge in [-0.3, -0.25) is 9.69 Å². The molecule has 0 unspecified atom stereocenters. The number of nitrogens with zero attached hydrogens (tertiary/aromatic N) is 1. The molecule has 2 rings (SSSR count). The molecule has 0 radical (unpaired) electrons. The van der Waals surface area contributed by atoms with E-state index >= 15 is 0 Å². The normalized spacial score (nSPS) is 18.5. The summed E-state index contributed by atoms with van der Waals surface area (Å²) in [5.74, 6) is -0.00887. The van der Waals surface area contributed by atoms with Gasteiger partial charge in [0.2, 0.25) is 0 Å². The lowest BCUT2D eigenvalue weighted by Gasteiger charge is -2.30. The Morgan fingerprint density at radius 3 is 2.32 bits per heavy atom. The number of amides is 1. The number of benzene rings is 1. The molecule has 2 nitrogen and oxygen atoms in total. The van der Waals surface area contributed by atoms with Crippen LogP contribution in [0.5, 0.6) is 0 Å². The maximum absolute atomic E-state index is 12.4. The average molecular weight is 356 g/mol. The second-order valence-electron chi connectivity index (χ2n) is 5.24. The first kappa shape index (κ1) is 14.8. The van der Waals surface area contributed by atoms with Crippen LogP contribution in [0.3, 0.4) is 0 Å². The summed E-state index contributed by atoms with van der Waals surface area (Å²) < 4.78 is 1.65. The Kier molecular flexibility index (Phi) is 4.18. The fraction of sp³-hybridized carbons (Fsp3) is 0.286. The fourth-order valence-corrected chi connectivity index (χ4v) is 3.66. The van der Waals surface area contributed by atoms with Gasteiger partial charge in [0.1, 0.15) is 4.32 Å². The molecule has 1 fully saturated rings. The first-order valence-electron chi connectivity index (χ1n) is 5.83. The Hall–Kier alpha value is -0.650. The number of halogens is 1. The number of hydrogen-bond acceptors (Lipinski definition) is 3. The minimum atomic E-state index is -0.281. The highest BCUT2D eigenvalue weighted by molar-refractivity contribution is 9.10. The second-order valence-corrected chi connectivity index (χ2v) is 7.83. The molecule has 0 aliphatic carbocycles. The van der Waals surface area contributed by atoms with Crippen LogP contribution >= 0.6 is 39.9 Å². The monoisotopic (exact) mass is 355 g/mol. The summed E-state index contributed by atoms with van der Waals surface area (Å²) in [7, 11) is 0. The third-order valence-corrected chi connectivity index (χ3v) is 4.46. The molecular weight excluding hydrogens is 342 g/mol. The van der Waals surface area contributed by atoms with Crippen molar-refractivity contribution in [3.05, 3.63) is 39.2 Å². The van der Waals surface area contributed by atoms with Crippen LogP contribution < -0.4 is 0 Å². The topological polar surface area (TPSA) is 20.3 Å². The third-order valence-electron chi connectivity index (χ3n) is 2.63. The van der Waals surface area contributed by atoms with Crippen molar-refractivity contribution in [3.63, 3.8) is 0 Å². The van der Waals surface area contributed by atoms with Crippen molar-refractivity contribution < 1.29 is 4.79 Å². The molecular formula is C14H14BrNOS2. The lowest BCUT2D eigenvalue weighted by atomic mass is 10.1. The Labute approximate surface area is 131 Å². The largest absolute Gasteiger partial charge is 0.288 e. The van der Waals surface area contributed by atoms with Gasteiger partial charge in [0.15, 0.2) is 0 Å². The van der Waals surface area contributed by atoms with Gasteiger partial charge in [0, 0.05) is 10.0 Å². The summed E-state index contributed by atoms with van der Waals surface area (Å²) in [6.45, 7) is 5.96. The van der Waals surface area contributed by atoms with Crippen LogP contribution in [0.25, 0.3) is 6.08 Å². The van der Waals surface area contributed by atoms with Crippen molar-refractivity contribution in [2.75, 3.05) is 0 Å². The van der Waals surface area contributed by atoms with Gasteiger partial charge in [-0.05, 0) is 44.5 Å². The molecule has 0 N–H and O–H groups in total. The molecule has 1 amide bonds. The molecule has 1 aliphatic heterocycles. The van der Waals surface area contributed by atoms with Gasteiger partial charge in [-0.1, -0.05) is 52.0 Å². The molecule has 0 saturated carbocycles. The van der Waals surface area contributed by atoms with Crippen LogP contribution in [0.1, 0.15) is 26.3 Å². The van der Waals surface area contributed by atoms with E-state index in [4.69, 9.17) is 12.2 Å². The van der Waals surface area contributed by atoms with Gasteiger partial charge in [0.05, 0.1) is 4.91 Å². The minimum Gasteiger partial charge on any atom is -0.288 e. The molecule has 0 atom stereocenters. The quantitative estimate of drug-likeness (QED) is 0.548. The fourth-order valence-electron chi connectivity index (χ4n) is 1.76. The number of thioether (sulfide) groups is 1. The molecule has 1 aromatic carbocycles. The third kappa shape index (κ3) is 3.27. The van der Waals surface area contributed by atoms with E-state index in [0.717, 1.165) is 10.0 Å². The highest BCUT2D eigenvalue weighted by atomic mass is 79.9. The van der Waals surface area contributed by atoms with Gasteiger partial charge >= 0.3 is 0 Å². The van der Waals surface area contributed by atoms with Crippen LogP contribution in [0.2, 0.25) is 0 Å². The zero-order valence-corrected chi connectivity index (χ0v) is 14.2. The Morgan fingerprint density at radius 2 is 1.84 bits per heavy atom. The van der Waals surface area contributed by atoms with Crippen LogP contribution in [0.15, 0.2) is 33.6 Å². The Morgan fingerprint density at radius 1 is 1.26 bits per heavy atom. The number of thiocarbonyl (C=S) groups is 1. The van der Waals surface area contributed by atoms with Crippen LogP contribution in [-0.2, 0) is 4.79 Å². The van der Waals surface area contributed by atoms with E-state index in [1.807, 2.05) is 51.1 Å². The Balaban J connectivity index is 2.31. The molecule has 1 aliphatic rings. The first-order valence-corrected chi connectivity index (χ1v) is 7.84. The highest BCUT2D eigenvalue weighted by Crippen LogP contribution is 2.36. The van der Waals surface area contributed by atoms with Crippen molar-refractivity contribution >= 4 is 56.2 Å². The van der Waals surface area contributed by atoms with Gasteiger partial charge < -0.3 is 0 Å². The van der Waals surface area contributed by atoms with Crippen LogP contribution in [0.4, 0.5) is 0 Å². The molecule has 0 bridgehead atoms. The summed E-state index contributed by atoms with van der Waals surface area (Å²) in [4.78, 5) is 14.7. The maximum atomic E-state index is 12.4. The summed E-state index contributed by atoms with van der Waals surface area (Å²) in [6.07, 6.45) is 1.89. The highest BCUT2D eigenvalue weighted by Gasteiger charge is 2.38. The molecule has 1 aromatic rings. The summed E-state index contributed by atoms with van der Waals surface area (Å²) in [5.41, 5.74) is 0.717. The second kappa shape index (κ2) is 5.38. The average Bonchev–Trinajstić information content (AvgIpc) is 2.56. The molecule has 5 heteroatoms. The zero-order valence-electron chi connectivity index (χ0n) is 10.9. The molecule has 19 heavy (non-hydrogen) atoms. The van der Waals surface area contributed by atoms with Crippen molar-refractivity contribution in [2.24, 2.45) is 0 Å². The standard InChI is InChI=1S/C14H14BrNOS2/c1-14(2,3)16-12(17)11(19-13(16)18)8-9-4-6-10(15)7-5-9/h4-8H,1-3H3/b11-8+. The molecule has 1 saturated heterocycles. The lowest BCUT2D eigenvalue weighted by molar-refractivity contribution is -0.125. The Bertz CT molecular complexity index is 558. The SMILES string of the molecule is CC(C)(C)N1C(=O)/C(=C\c2ccc(Br)cc2)SC1=S.